The Morgan fingerprint density at radius 1 is 1.16 bits per heavy atom. The van der Waals surface area contributed by atoms with Gasteiger partial charge in [-0.3, -0.25) is 19.3 Å². The smallest absolute Gasteiger partial charge is 0.383 e. The number of ether oxygens (including phenoxy) is 1. The van der Waals surface area contributed by atoms with E-state index in [9.17, 15) is 22.8 Å². The SMILES string of the molecule is Cc1cc2c(C3CN(C(=O)c4ccnc(N)c4C)C3)nn(CC(=O)N3CCO[C@@H](C(F)(F)F)C3)c2cn1. The minimum absolute atomic E-state index is 0.0675. The van der Waals surface area contributed by atoms with Gasteiger partial charge >= 0.3 is 6.18 Å². The summed E-state index contributed by atoms with van der Waals surface area (Å²) < 4.78 is 45.6. The molecule has 0 unspecified atom stereocenters. The number of likely N-dealkylation sites (tertiary alicyclic amines) is 1. The molecular weight excluding hydrogens is 491 g/mol. The highest BCUT2D eigenvalue weighted by atomic mass is 19.4. The number of hydrogen-bond donors (Lipinski definition) is 1. The van der Waals surface area contributed by atoms with Crippen molar-refractivity contribution < 1.29 is 27.5 Å². The third-order valence-corrected chi connectivity index (χ3v) is 6.90. The normalized spacial score (nSPS) is 18.8. The van der Waals surface area contributed by atoms with E-state index in [0.29, 0.717) is 35.6 Å². The van der Waals surface area contributed by atoms with E-state index in [-0.39, 0.29) is 31.5 Å². The van der Waals surface area contributed by atoms with Crippen molar-refractivity contribution in [2.45, 2.75) is 38.6 Å². The molecule has 0 aliphatic carbocycles. The third kappa shape index (κ3) is 4.70. The second kappa shape index (κ2) is 9.29. The van der Waals surface area contributed by atoms with E-state index < -0.39 is 24.7 Å². The molecule has 3 aromatic heterocycles. The van der Waals surface area contributed by atoms with Crippen LogP contribution in [-0.4, -0.2) is 86.4 Å². The molecular formula is C24H26F3N7O3. The quantitative estimate of drug-likeness (QED) is 0.563. The van der Waals surface area contributed by atoms with Gasteiger partial charge in [-0.2, -0.15) is 18.3 Å². The van der Waals surface area contributed by atoms with Gasteiger partial charge in [0, 0.05) is 54.0 Å². The summed E-state index contributed by atoms with van der Waals surface area (Å²) in [4.78, 5) is 37.1. The number of nitrogens with zero attached hydrogens (tertiary/aromatic N) is 6. The summed E-state index contributed by atoms with van der Waals surface area (Å²) in [5, 5.41) is 5.46. The van der Waals surface area contributed by atoms with E-state index in [1.165, 1.54) is 10.9 Å². The largest absolute Gasteiger partial charge is 0.416 e. The molecule has 2 N–H and O–H groups in total. The summed E-state index contributed by atoms with van der Waals surface area (Å²) in [6, 6.07) is 3.51. The average Bonchev–Trinajstić information content (AvgIpc) is 3.16. The summed E-state index contributed by atoms with van der Waals surface area (Å²) in [7, 11) is 0. The molecule has 2 amide bonds. The lowest BCUT2D eigenvalue weighted by Crippen LogP contribution is -2.51. The molecule has 0 aromatic carbocycles. The topological polar surface area (TPSA) is 119 Å². The number of hydrogen-bond acceptors (Lipinski definition) is 7. The summed E-state index contributed by atoms with van der Waals surface area (Å²) >= 11 is 0. The molecule has 1 atom stereocenters. The number of morpholine rings is 1. The molecule has 2 saturated heterocycles. The first-order valence-electron chi connectivity index (χ1n) is 11.8. The number of alkyl halides is 3. The number of halogens is 3. The fourth-order valence-corrected chi connectivity index (χ4v) is 4.70. The van der Waals surface area contributed by atoms with Gasteiger partial charge in [0.15, 0.2) is 6.10 Å². The van der Waals surface area contributed by atoms with Crippen LogP contribution in [-0.2, 0) is 16.1 Å². The Labute approximate surface area is 210 Å². The van der Waals surface area contributed by atoms with Gasteiger partial charge in [0.05, 0.1) is 30.6 Å². The zero-order valence-corrected chi connectivity index (χ0v) is 20.3. The second-order valence-corrected chi connectivity index (χ2v) is 9.40. The van der Waals surface area contributed by atoms with Crippen LogP contribution in [0.25, 0.3) is 10.9 Å². The lowest BCUT2D eigenvalue weighted by molar-refractivity contribution is -0.236. The van der Waals surface area contributed by atoms with E-state index in [0.717, 1.165) is 21.7 Å². The molecule has 196 valence electrons. The van der Waals surface area contributed by atoms with Gasteiger partial charge in [-0.25, -0.2) is 4.98 Å². The molecule has 13 heteroatoms. The van der Waals surface area contributed by atoms with Gasteiger partial charge in [0.2, 0.25) is 5.91 Å². The maximum Gasteiger partial charge on any atom is 0.416 e. The zero-order chi connectivity index (χ0) is 26.5. The lowest BCUT2D eigenvalue weighted by atomic mass is 9.93. The van der Waals surface area contributed by atoms with Gasteiger partial charge in [-0.15, -0.1) is 0 Å². The predicted octanol–water partition coefficient (Wildman–Crippen LogP) is 2.05. The fraction of sp³-hybridized carbons (Fsp3) is 0.458. The van der Waals surface area contributed by atoms with Gasteiger partial charge in [0.25, 0.3) is 5.91 Å². The number of rotatable bonds is 4. The lowest BCUT2D eigenvalue weighted by Gasteiger charge is -2.39. The van der Waals surface area contributed by atoms with Gasteiger partial charge in [-0.1, -0.05) is 0 Å². The Bertz CT molecular complexity index is 1370. The first kappa shape index (κ1) is 24.9. The highest BCUT2D eigenvalue weighted by Gasteiger charge is 2.44. The van der Waals surface area contributed by atoms with Crippen molar-refractivity contribution in [2.75, 3.05) is 38.5 Å². The molecule has 2 fully saturated rings. The summed E-state index contributed by atoms with van der Waals surface area (Å²) in [6.07, 6.45) is -3.44. The van der Waals surface area contributed by atoms with E-state index >= 15 is 0 Å². The summed E-state index contributed by atoms with van der Waals surface area (Å²) in [5.41, 5.74) is 9.05. The number of anilines is 1. The molecule has 0 radical (unpaired) electrons. The molecule has 10 nitrogen and oxygen atoms in total. The van der Waals surface area contributed by atoms with Gasteiger partial charge in [-0.05, 0) is 26.0 Å². The molecule has 0 spiro atoms. The molecule has 5 rings (SSSR count). The minimum atomic E-state index is -4.54. The number of carbonyl (C=O) groups excluding carboxylic acids is 2. The number of pyridine rings is 2. The molecule has 37 heavy (non-hydrogen) atoms. The van der Waals surface area contributed by atoms with E-state index in [1.54, 1.807) is 24.1 Å². The van der Waals surface area contributed by atoms with Crippen molar-refractivity contribution in [1.29, 1.82) is 0 Å². The fourth-order valence-electron chi connectivity index (χ4n) is 4.70. The van der Waals surface area contributed by atoms with Crippen LogP contribution in [0.15, 0.2) is 24.5 Å². The van der Waals surface area contributed by atoms with Crippen molar-refractivity contribution in [2.24, 2.45) is 0 Å². The van der Waals surface area contributed by atoms with E-state index in [4.69, 9.17) is 10.5 Å². The number of nitrogen functional groups attached to an aromatic ring is 1. The average molecular weight is 518 g/mol. The van der Waals surface area contributed by atoms with E-state index in [1.807, 2.05) is 13.0 Å². The Kier molecular flexibility index (Phi) is 6.26. The molecule has 5 heterocycles. The standard InChI is InChI=1S/C24H26F3N7O3/c1-13-7-17-18(8-30-13)34(12-20(35)32-5-6-37-19(11-32)24(25,26)27)31-21(17)15-9-33(10-15)23(36)16-3-4-29-22(28)14(16)2/h3-4,7-8,15,19H,5-6,9-12H2,1-2H3,(H2,28,29)/t19-/m1/s1. The highest BCUT2D eigenvalue weighted by Crippen LogP contribution is 2.33. The monoisotopic (exact) mass is 517 g/mol. The molecule has 2 aliphatic heterocycles. The van der Waals surface area contributed by atoms with Crippen LogP contribution in [0.1, 0.15) is 33.2 Å². The predicted molar refractivity (Wildman–Crippen MR) is 127 cm³/mol. The Morgan fingerprint density at radius 3 is 2.65 bits per heavy atom. The van der Waals surface area contributed by atoms with Crippen LogP contribution in [0, 0.1) is 13.8 Å². The molecule has 0 saturated carbocycles. The zero-order valence-electron chi connectivity index (χ0n) is 20.3. The maximum atomic E-state index is 13.1. The Balaban J connectivity index is 1.34. The number of amides is 2. The van der Waals surface area contributed by atoms with Crippen molar-refractivity contribution in [3.8, 4) is 0 Å². The summed E-state index contributed by atoms with van der Waals surface area (Å²) in [6.45, 7) is 3.56. The number of carbonyl (C=O) groups is 2. The summed E-state index contributed by atoms with van der Waals surface area (Å²) in [5.74, 6) is -0.388. The number of aryl methyl sites for hydroxylation is 1. The molecule has 0 bridgehead atoms. The third-order valence-electron chi connectivity index (χ3n) is 6.90. The second-order valence-electron chi connectivity index (χ2n) is 9.40. The van der Waals surface area contributed by atoms with Crippen LogP contribution >= 0.6 is 0 Å². The van der Waals surface area contributed by atoms with Crippen LogP contribution in [0.2, 0.25) is 0 Å². The van der Waals surface area contributed by atoms with E-state index in [2.05, 4.69) is 15.1 Å². The number of fused-ring (bicyclic) bond motifs is 1. The first-order valence-corrected chi connectivity index (χ1v) is 11.8. The first-order chi connectivity index (χ1) is 17.5. The molecule has 3 aromatic rings. The number of nitrogens with two attached hydrogens (primary N) is 1. The minimum Gasteiger partial charge on any atom is -0.383 e. The highest BCUT2D eigenvalue weighted by molar-refractivity contribution is 5.97. The van der Waals surface area contributed by atoms with Crippen LogP contribution < -0.4 is 5.73 Å². The van der Waals surface area contributed by atoms with Crippen molar-refractivity contribution in [3.05, 3.63) is 47.0 Å². The van der Waals surface area contributed by atoms with Gasteiger partial charge < -0.3 is 20.3 Å². The van der Waals surface area contributed by atoms with Crippen LogP contribution in [0.4, 0.5) is 19.0 Å². The van der Waals surface area contributed by atoms with Crippen molar-refractivity contribution >= 4 is 28.5 Å². The number of aromatic nitrogens is 4. The van der Waals surface area contributed by atoms with Crippen LogP contribution in [0.3, 0.4) is 0 Å². The van der Waals surface area contributed by atoms with Crippen LogP contribution in [0.5, 0.6) is 0 Å². The van der Waals surface area contributed by atoms with Gasteiger partial charge in [0.1, 0.15) is 12.4 Å². The molecule has 2 aliphatic rings. The Hall–Kier alpha value is -3.74. The Morgan fingerprint density at radius 2 is 1.92 bits per heavy atom. The maximum absolute atomic E-state index is 13.1. The van der Waals surface area contributed by atoms with Crippen molar-refractivity contribution in [3.63, 3.8) is 0 Å². The van der Waals surface area contributed by atoms with Crippen molar-refractivity contribution in [1.82, 2.24) is 29.5 Å².